The van der Waals surface area contributed by atoms with Crippen LogP contribution in [0, 0.1) is 13.8 Å². The first kappa shape index (κ1) is 14.8. The number of hydrogen-bond donors (Lipinski definition) is 0. The molecule has 0 radical (unpaired) electrons. The largest absolute Gasteiger partial charge is 0.361 e. The number of aromatic nitrogens is 3. The van der Waals surface area contributed by atoms with Gasteiger partial charge in [0.05, 0.1) is 5.69 Å². The van der Waals surface area contributed by atoms with Crippen molar-refractivity contribution < 1.29 is 9.32 Å². The third-order valence-electron chi connectivity index (χ3n) is 4.39. The predicted octanol–water partition coefficient (Wildman–Crippen LogP) is 2.57. The Hall–Kier alpha value is -2.11. The SMILES string of the molecule is Cc1noc(C)c1C(=O)N1CCCC[C@H]1CCn1cccn1. The number of carbonyl (C=O) groups excluding carboxylic acids is 1. The summed E-state index contributed by atoms with van der Waals surface area (Å²) in [6.07, 6.45) is 7.96. The smallest absolute Gasteiger partial charge is 0.259 e. The fourth-order valence-electron chi connectivity index (χ4n) is 3.21. The third-order valence-corrected chi connectivity index (χ3v) is 4.39. The Morgan fingerprint density at radius 1 is 1.41 bits per heavy atom. The van der Waals surface area contributed by atoms with Crippen LogP contribution in [0.3, 0.4) is 0 Å². The van der Waals surface area contributed by atoms with Gasteiger partial charge in [-0.1, -0.05) is 5.16 Å². The van der Waals surface area contributed by atoms with Crippen LogP contribution in [-0.4, -0.2) is 38.3 Å². The van der Waals surface area contributed by atoms with Crippen LogP contribution in [0.5, 0.6) is 0 Å². The standard InChI is InChI=1S/C16H22N4O2/c1-12-15(13(2)22-18-12)16(21)20-10-4-3-6-14(20)7-11-19-9-5-8-17-19/h5,8-9,14H,3-4,6-7,10-11H2,1-2H3/t14-/m0/s1. The van der Waals surface area contributed by atoms with E-state index in [0.717, 1.165) is 32.4 Å². The molecule has 0 bridgehead atoms. The number of likely N-dealkylation sites (tertiary alicyclic amines) is 1. The van der Waals surface area contributed by atoms with Gasteiger partial charge in [-0.3, -0.25) is 9.48 Å². The van der Waals surface area contributed by atoms with Gasteiger partial charge in [-0.15, -0.1) is 0 Å². The van der Waals surface area contributed by atoms with Gasteiger partial charge >= 0.3 is 0 Å². The molecule has 3 rings (SSSR count). The van der Waals surface area contributed by atoms with Gasteiger partial charge in [0.2, 0.25) is 0 Å². The Morgan fingerprint density at radius 2 is 2.27 bits per heavy atom. The van der Waals surface area contributed by atoms with Crippen molar-refractivity contribution in [1.29, 1.82) is 0 Å². The number of aryl methyl sites for hydroxylation is 3. The molecule has 0 aromatic carbocycles. The van der Waals surface area contributed by atoms with Gasteiger partial charge in [-0.05, 0) is 45.6 Å². The molecule has 2 aromatic rings. The van der Waals surface area contributed by atoms with E-state index < -0.39 is 0 Å². The van der Waals surface area contributed by atoms with E-state index in [4.69, 9.17) is 4.52 Å². The first-order valence-corrected chi connectivity index (χ1v) is 7.88. The highest BCUT2D eigenvalue weighted by atomic mass is 16.5. The number of hydrogen-bond acceptors (Lipinski definition) is 4. The number of nitrogens with zero attached hydrogens (tertiary/aromatic N) is 4. The second kappa shape index (κ2) is 6.34. The molecule has 118 valence electrons. The van der Waals surface area contributed by atoms with Crippen molar-refractivity contribution in [1.82, 2.24) is 19.8 Å². The van der Waals surface area contributed by atoms with Crippen LogP contribution in [0.25, 0.3) is 0 Å². The van der Waals surface area contributed by atoms with E-state index >= 15 is 0 Å². The maximum atomic E-state index is 12.9. The Bertz CT molecular complexity index is 613. The summed E-state index contributed by atoms with van der Waals surface area (Å²) in [5.41, 5.74) is 1.31. The number of carbonyl (C=O) groups is 1. The molecule has 1 atom stereocenters. The van der Waals surface area contributed by atoms with Crippen molar-refractivity contribution >= 4 is 5.91 Å². The van der Waals surface area contributed by atoms with Gasteiger partial charge in [0.1, 0.15) is 11.3 Å². The first-order chi connectivity index (χ1) is 10.7. The minimum atomic E-state index is 0.0569. The molecule has 0 unspecified atom stereocenters. The van der Waals surface area contributed by atoms with Crippen molar-refractivity contribution in [3.05, 3.63) is 35.5 Å². The van der Waals surface area contributed by atoms with Gasteiger partial charge in [-0.2, -0.15) is 5.10 Å². The van der Waals surface area contributed by atoms with Crippen LogP contribution in [0.15, 0.2) is 23.0 Å². The molecule has 0 aliphatic carbocycles. The summed E-state index contributed by atoms with van der Waals surface area (Å²) in [7, 11) is 0. The summed E-state index contributed by atoms with van der Waals surface area (Å²) in [4.78, 5) is 14.9. The van der Waals surface area contributed by atoms with Gasteiger partial charge in [-0.25, -0.2) is 0 Å². The third kappa shape index (κ3) is 2.91. The van der Waals surface area contributed by atoms with Crippen molar-refractivity contribution in [3.8, 4) is 0 Å². The highest BCUT2D eigenvalue weighted by Gasteiger charge is 2.30. The van der Waals surface area contributed by atoms with Gasteiger partial charge in [0.15, 0.2) is 0 Å². The van der Waals surface area contributed by atoms with Crippen molar-refractivity contribution in [2.45, 2.75) is 52.1 Å². The Morgan fingerprint density at radius 3 is 2.95 bits per heavy atom. The molecular formula is C16H22N4O2. The molecule has 0 N–H and O–H groups in total. The Kier molecular flexibility index (Phi) is 4.27. The van der Waals surface area contributed by atoms with Gasteiger partial charge in [0, 0.05) is 31.5 Å². The van der Waals surface area contributed by atoms with E-state index in [1.54, 1.807) is 13.1 Å². The lowest BCUT2D eigenvalue weighted by Gasteiger charge is -2.35. The van der Waals surface area contributed by atoms with E-state index in [2.05, 4.69) is 10.3 Å². The highest BCUT2D eigenvalue weighted by Crippen LogP contribution is 2.24. The molecule has 1 aliphatic heterocycles. The number of amides is 1. The normalized spacial score (nSPS) is 18.6. The quantitative estimate of drug-likeness (QED) is 0.870. The Labute approximate surface area is 130 Å². The zero-order chi connectivity index (χ0) is 15.5. The summed E-state index contributed by atoms with van der Waals surface area (Å²) in [6.45, 7) is 5.28. The fraction of sp³-hybridized carbons (Fsp3) is 0.562. The van der Waals surface area contributed by atoms with E-state index in [1.165, 1.54) is 6.42 Å². The molecule has 1 aliphatic rings. The summed E-state index contributed by atoms with van der Waals surface area (Å²) in [6, 6.07) is 2.19. The summed E-state index contributed by atoms with van der Waals surface area (Å²) >= 11 is 0. The van der Waals surface area contributed by atoms with Gasteiger partial charge < -0.3 is 9.42 Å². The molecule has 6 heteroatoms. The minimum absolute atomic E-state index is 0.0569. The average molecular weight is 302 g/mol. The van der Waals surface area contributed by atoms with Crippen molar-refractivity contribution in [2.75, 3.05) is 6.54 Å². The molecule has 0 saturated carbocycles. The van der Waals surface area contributed by atoms with Crippen molar-refractivity contribution in [2.24, 2.45) is 0 Å². The van der Waals surface area contributed by atoms with Crippen molar-refractivity contribution in [3.63, 3.8) is 0 Å². The van der Waals surface area contributed by atoms with E-state index in [-0.39, 0.29) is 11.9 Å². The molecular weight excluding hydrogens is 280 g/mol. The molecule has 0 spiro atoms. The average Bonchev–Trinajstić information content (AvgIpc) is 3.15. The van der Waals surface area contributed by atoms with Crippen LogP contribution < -0.4 is 0 Å². The van der Waals surface area contributed by atoms with Crippen LogP contribution in [-0.2, 0) is 6.54 Å². The Balaban J connectivity index is 1.73. The molecule has 1 fully saturated rings. The lowest BCUT2D eigenvalue weighted by Crippen LogP contribution is -2.44. The molecule has 6 nitrogen and oxygen atoms in total. The minimum Gasteiger partial charge on any atom is -0.361 e. The summed E-state index contributed by atoms with van der Waals surface area (Å²) < 4.78 is 7.07. The van der Waals surface area contributed by atoms with Gasteiger partial charge in [0.25, 0.3) is 5.91 Å². The lowest BCUT2D eigenvalue weighted by atomic mass is 9.98. The maximum Gasteiger partial charge on any atom is 0.259 e. The zero-order valence-corrected chi connectivity index (χ0v) is 13.2. The molecule has 22 heavy (non-hydrogen) atoms. The van der Waals surface area contributed by atoms with E-state index in [1.807, 2.05) is 28.8 Å². The fourth-order valence-corrected chi connectivity index (χ4v) is 3.21. The first-order valence-electron chi connectivity index (χ1n) is 7.88. The van der Waals surface area contributed by atoms with Crippen LogP contribution >= 0.6 is 0 Å². The summed E-state index contributed by atoms with van der Waals surface area (Å²) in [5, 5.41) is 8.14. The summed E-state index contributed by atoms with van der Waals surface area (Å²) in [5.74, 6) is 0.667. The predicted molar refractivity (Wildman–Crippen MR) is 81.5 cm³/mol. The van der Waals surface area contributed by atoms with E-state index in [0.29, 0.717) is 17.0 Å². The van der Waals surface area contributed by atoms with Crippen LogP contribution in [0.1, 0.15) is 47.5 Å². The molecule has 3 heterocycles. The zero-order valence-electron chi connectivity index (χ0n) is 13.2. The number of piperidine rings is 1. The monoisotopic (exact) mass is 302 g/mol. The molecule has 1 saturated heterocycles. The second-order valence-corrected chi connectivity index (χ2v) is 5.91. The number of rotatable bonds is 4. The van der Waals surface area contributed by atoms with E-state index in [9.17, 15) is 4.79 Å². The molecule has 2 aromatic heterocycles. The van der Waals surface area contributed by atoms with Crippen LogP contribution in [0.4, 0.5) is 0 Å². The maximum absolute atomic E-state index is 12.9. The van der Waals surface area contributed by atoms with Crippen LogP contribution in [0.2, 0.25) is 0 Å². The highest BCUT2D eigenvalue weighted by molar-refractivity contribution is 5.96. The lowest BCUT2D eigenvalue weighted by molar-refractivity contribution is 0.0591. The topological polar surface area (TPSA) is 64.2 Å². The molecule has 1 amide bonds. The second-order valence-electron chi connectivity index (χ2n) is 5.91.